The summed E-state index contributed by atoms with van der Waals surface area (Å²) in [6, 6.07) is 0. The van der Waals surface area contributed by atoms with Crippen molar-refractivity contribution in [3.05, 3.63) is 12.5 Å². The van der Waals surface area contributed by atoms with Gasteiger partial charge in [-0.25, -0.2) is 4.98 Å². The summed E-state index contributed by atoms with van der Waals surface area (Å²) in [5, 5.41) is 12.0. The SMILES string of the molecule is CC1(C)O[C@@H]2[C@H](O1)[C@@H](CO)O[C@H]2n1cncc1NC=O. The maximum Gasteiger partial charge on any atom is 0.212 e. The van der Waals surface area contributed by atoms with Crippen molar-refractivity contribution in [3.63, 3.8) is 0 Å². The number of ether oxygens (including phenoxy) is 3. The molecule has 8 nitrogen and oxygen atoms in total. The number of fused-ring (bicyclic) bond motifs is 1. The molecule has 1 amide bonds. The molecule has 0 aliphatic carbocycles. The summed E-state index contributed by atoms with van der Waals surface area (Å²) in [5.74, 6) is -0.237. The van der Waals surface area contributed by atoms with Gasteiger partial charge in [0.1, 0.15) is 24.1 Å². The fraction of sp³-hybridized carbons (Fsp3) is 0.667. The van der Waals surface area contributed by atoms with E-state index in [-0.39, 0.29) is 18.8 Å². The van der Waals surface area contributed by atoms with Crippen LogP contribution in [0.4, 0.5) is 5.82 Å². The quantitative estimate of drug-likeness (QED) is 0.747. The molecule has 2 aliphatic heterocycles. The first kappa shape index (κ1) is 13.5. The summed E-state index contributed by atoms with van der Waals surface area (Å²) in [5.41, 5.74) is 0. The molecule has 0 radical (unpaired) electrons. The van der Waals surface area contributed by atoms with Crippen LogP contribution in [0.25, 0.3) is 0 Å². The largest absolute Gasteiger partial charge is 0.394 e. The lowest BCUT2D eigenvalue weighted by molar-refractivity contribution is -0.199. The van der Waals surface area contributed by atoms with Crippen LogP contribution in [0, 0.1) is 0 Å². The molecule has 1 aromatic heterocycles. The standard InChI is InChI=1S/C12H17N3O5/c1-12(2)19-9-7(4-16)18-11(10(9)20-12)15-5-13-3-8(15)14-6-17/h3,5-7,9-11,16H,4H2,1-2H3,(H,14,17)/t7-,9-,10-,11-/m1/s1. The number of rotatable bonds is 4. The van der Waals surface area contributed by atoms with Crippen molar-refractivity contribution >= 4 is 12.2 Å². The van der Waals surface area contributed by atoms with Gasteiger partial charge in [-0.1, -0.05) is 0 Å². The third kappa shape index (κ3) is 2.10. The van der Waals surface area contributed by atoms with Gasteiger partial charge in [-0.05, 0) is 13.8 Å². The predicted octanol–water partition coefficient (Wildman–Crippen LogP) is -0.139. The fourth-order valence-corrected chi connectivity index (χ4v) is 2.71. The zero-order valence-corrected chi connectivity index (χ0v) is 11.2. The van der Waals surface area contributed by atoms with Crippen LogP contribution in [-0.4, -0.2) is 51.8 Å². The highest BCUT2D eigenvalue weighted by molar-refractivity contribution is 5.68. The molecule has 0 unspecified atom stereocenters. The molecule has 2 fully saturated rings. The topological polar surface area (TPSA) is 94.8 Å². The van der Waals surface area contributed by atoms with E-state index in [2.05, 4.69) is 10.3 Å². The van der Waals surface area contributed by atoms with E-state index in [0.29, 0.717) is 12.2 Å². The third-order valence-electron chi connectivity index (χ3n) is 3.45. The van der Waals surface area contributed by atoms with Gasteiger partial charge in [0.2, 0.25) is 6.41 Å². The van der Waals surface area contributed by atoms with Crippen LogP contribution in [0.3, 0.4) is 0 Å². The molecule has 3 rings (SSSR count). The number of aliphatic hydroxyl groups excluding tert-OH is 1. The number of amides is 1. The lowest BCUT2D eigenvalue weighted by Crippen LogP contribution is -2.31. The first-order chi connectivity index (χ1) is 9.55. The van der Waals surface area contributed by atoms with Crippen molar-refractivity contribution in [3.8, 4) is 0 Å². The van der Waals surface area contributed by atoms with E-state index >= 15 is 0 Å². The molecule has 2 N–H and O–H groups in total. The number of hydrogen-bond donors (Lipinski definition) is 2. The second-order valence-electron chi connectivity index (χ2n) is 5.26. The Morgan fingerprint density at radius 2 is 2.25 bits per heavy atom. The third-order valence-corrected chi connectivity index (χ3v) is 3.45. The molecular formula is C12H17N3O5. The van der Waals surface area contributed by atoms with Crippen LogP contribution < -0.4 is 5.32 Å². The summed E-state index contributed by atoms with van der Waals surface area (Å²) in [7, 11) is 0. The number of carbonyl (C=O) groups excluding carboxylic acids is 1. The van der Waals surface area contributed by atoms with Crippen molar-refractivity contribution in [2.24, 2.45) is 0 Å². The van der Waals surface area contributed by atoms with Crippen LogP contribution in [0.1, 0.15) is 20.1 Å². The number of aromatic nitrogens is 2. The van der Waals surface area contributed by atoms with Crippen LogP contribution in [0.15, 0.2) is 12.5 Å². The molecule has 20 heavy (non-hydrogen) atoms. The van der Waals surface area contributed by atoms with Crippen LogP contribution in [0.5, 0.6) is 0 Å². The van der Waals surface area contributed by atoms with Gasteiger partial charge in [0.05, 0.1) is 19.1 Å². The second-order valence-corrected chi connectivity index (χ2v) is 5.26. The Labute approximate surface area is 115 Å². The highest BCUT2D eigenvalue weighted by Crippen LogP contribution is 2.43. The Hall–Kier alpha value is -1.48. The Morgan fingerprint density at radius 3 is 2.95 bits per heavy atom. The highest BCUT2D eigenvalue weighted by atomic mass is 16.8. The number of imidazole rings is 1. The molecule has 3 heterocycles. The summed E-state index contributed by atoms with van der Waals surface area (Å²) >= 11 is 0. The number of aliphatic hydroxyl groups is 1. The molecule has 0 bridgehead atoms. The van der Waals surface area contributed by atoms with E-state index in [1.165, 1.54) is 6.20 Å². The van der Waals surface area contributed by atoms with Gasteiger partial charge >= 0.3 is 0 Å². The monoisotopic (exact) mass is 283 g/mol. The first-order valence-corrected chi connectivity index (χ1v) is 6.39. The minimum Gasteiger partial charge on any atom is -0.394 e. The number of hydrogen-bond acceptors (Lipinski definition) is 6. The van der Waals surface area contributed by atoms with E-state index in [1.54, 1.807) is 10.9 Å². The Balaban J connectivity index is 1.90. The Kier molecular flexibility index (Phi) is 3.25. The number of anilines is 1. The van der Waals surface area contributed by atoms with Gasteiger partial charge in [-0.3, -0.25) is 9.36 Å². The summed E-state index contributed by atoms with van der Waals surface area (Å²) in [6.45, 7) is 3.47. The molecule has 2 saturated heterocycles. The van der Waals surface area contributed by atoms with Gasteiger partial charge in [0.15, 0.2) is 12.0 Å². The van der Waals surface area contributed by atoms with Crippen molar-refractivity contribution in [1.82, 2.24) is 9.55 Å². The molecule has 8 heteroatoms. The van der Waals surface area contributed by atoms with E-state index < -0.39 is 18.1 Å². The van der Waals surface area contributed by atoms with Crippen LogP contribution in [0.2, 0.25) is 0 Å². The minimum atomic E-state index is -0.733. The molecule has 2 aliphatic rings. The van der Waals surface area contributed by atoms with Gasteiger partial charge in [-0.15, -0.1) is 0 Å². The molecule has 110 valence electrons. The van der Waals surface area contributed by atoms with E-state index in [1.807, 2.05) is 13.8 Å². The summed E-state index contributed by atoms with van der Waals surface area (Å²) in [4.78, 5) is 14.6. The zero-order chi connectivity index (χ0) is 14.3. The molecule has 0 aromatic carbocycles. The smallest absolute Gasteiger partial charge is 0.212 e. The van der Waals surface area contributed by atoms with Gasteiger partial charge in [0.25, 0.3) is 0 Å². The maximum absolute atomic E-state index is 10.6. The molecule has 1 aromatic rings. The minimum absolute atomic E-state index is 0.164. The predicted molar refractivity (Wildman–Crippen MR) is 66.7 cm³/mol. The van der Waals surface area contributed by atoms with E-state index in [9.17, 15) is 9.90 Å². The molecule has 4 atom stereocenters. The van der Waals surface area contributed by atoms with Crippen molar-refractivity contribution in [1.29, 1.82) is 0 Å². The zero-order valence-electron chi connectivity index (χ0n) is 11.2. The second kappa shape index (κ2) is 4.81. The number of nitrogens with zero attached hydrogens (tertiary/aromatic N) is 2. The van der Waals surface area contributed by atoms with E-state index in [4.69, 9.17) is 14.2 Å². The van der Waals surface area contributed by atoms with Gasteiger partial charge in [-0.2, -0.15) is 0 Å². The van der Waals surface area contributed by atoms with Crippen molar-refractivity contribution < 1.29 is 24.1 Å². The summed E-state index contributed by atoms with van der Waals surface area (Å²) in [6.07, 6.45) is 1.92. The number of carbonyl (C=O) groups is 1. The number of nitrogens with one attached hydrogen (secondary N) is 1. The van der Waals surface area contributed by atoms with Crippen molar-refractivity contribution in [2.75, 3.05) is 11.9 Å². The normalized spacial score (nSPS) is 35.0. The van der Waals surface area contributed by atoms with Crippen molar-refractivity contribution in [2.45, 2.75) is 44.2 Å². The lowest BCUT2D eigenvalue weighted by Gasteiger charge is -2.24. The first-order valence-electron chi connectivity index (χ1n) is 6.39. The lowest BCUT2D eigenvalue weighted by atomic mass is 10.1. The van der Waals surface area contributed by atoms with Gasteiger partial charge < -0.3 is 24.6 Å². The summed E-state index contributed by atoms with van der Waals surface area (Å²) < 4.78 is 19.1. The van der Waals surface area contributed by atoms with Crippen LogP contribution >= 0.6 is 0 Å². The molecule has 0 spiro atoms. The molecular weight excluding hydrogens is 266 g/mol. The van der Waals surface area contributed by atoms with Crippen LogP contribution in [-0.2, 0) is 19.0 Å². The van der Waals surface area contributed by atoms with Gasteiger partial charge in [0, 0.05) is 0 Å². The fourth-order valence-electron chi connectivity index (χ4n) is 2.71. The average molecular weight is 283 g/mol. The Bertz CT molecular complexity index is 503. The maximum atomic E-state index is 10.6. The van der Waals surface area contributed by atoms with E-state index in [0.717, 1.165) is 0 Å². The highest BCUT2D eigenvalue weighted by Gasteiger charge is 2.55. The Morgan fingerprint density at radius 1 is 1.50 bits per heavy atom. The molecule has 0 saturated carbocycles. The average Bonchev–Trinajstić information content (AvgIpc) is 3.03.